The maximum atomic E-state index is 10.8. The van der Waals surface area contributed by atoms with Crippen LogP contribution in [0.25, 0.3) is 0 Å². The number of rotatable bonds is 5. The number of aromatic carboxylic acids is 1. The Kier molecular flexibility index (Phi) is 4.06. The Hall–Kier alpha value is -2.07. The molecule has 0 saturated heterocycles. The second-order valence-corrected chi connectivity index (χ2v) is 5.47. The number of hydrogen-bond donors (Lipinski definition) is 2. The van der Waals surface area contributed by atoms with E-state index in [-0.39, 0.29) is 5.56 Å². The molecule has 3 rings (SSSR count). The minimum absolute atomic E-state index is 0.198. The van der Waals surface area contributed by atoms with Gasteiger partial charge >= 0.3 is 5.97 Å². The summed E-state index contributed by atoms with van der Waals surface area (Å²) in [5.74, 6) is -0.306. The van der Waals surface area contributed by atoms with Gasteiger partial charge in [-0.1, -0.05) is 18.2 Å². The summed E-state index contributed by atoms with van der Waals surface area (Å²) in [6.45, 7) is 1.32. The molecule has 0 amide bonds. The van der Waals surface area contributed by atoms with Crippen LogP contribution < -0.4 is 5.32 Å². The molecule has 1 aliphatic rings. The van der Waals surface area contributed by atoms with Gasteiger partial charge in [0.15, 0.2) is 0 Å². The number of fused-ring (bicyclic) bond motifs is 1. The van der Waals surface area contributed by atoms with Gasteiger partial charge in [-0.25, -0.2) is 4.79 Å². The van der Waals surface area contributed by atoms with Crippen LogP contribution in [0.3, 0.4) is 0 Å². The van der Waals surface area contributed by atoms with Crippen molar-refractivity contribution in [2.45, 2.75) is 38.8 Å². The van der Waals surface area contributed by atoms with Crippen molar-refractivity contribution in [2.24, 2.45) is 0 Å². The van der Waals surface area contributed by atoms with Crippen molar-refractivity contribution >= 4 is 5.97 Å². The van der Waals surface area contributed by atoms with Crippen LogP contribution in [-0.4, -0.2) is 11.1 Å². The van der Waals surface area contributed by atoms with Crippen molar-refractivity contribution in [3.8, 4) is 0 Å². The summed E-state index contributed by atoms with van der Waals surface area (Å²) in [4.78, 5) is 10.8. The molecule has 0 saturated carbocycles. The Morgan fingerprint density at radius 1 is 1.24 bits per heavy atom. The second-order valence-electron chi connectivity index (χ2n) is 5.47. The molecule has 1 aliphatic carbocycles. The number of carbonyl (C=O) groups is 1. The van der Waals surface area contributed by atoms with Crippen molar-refractivity contribution in [3.05, 3.63) is 58.5 Å². The third kappa shape index (κ3) is 3.16. The number of carboxylic acids is 1. The number of furan rings is 1. The van der Waals surface area contributed by atoms with Crippen molar-refractivity contribution in [2.75, 3.05) is 0 Å². The van der Waals surface area contributed by atoms with Crippen molar-refractivity contribution in [1.82, 2.24) is 5.32 Å². The summed E-state index contributed by atoms with van der Waals surface area (Å²) >= 11 is 0. The molecule has 4 nitrogen and oxygen atoms in total. The van der Waals surface area contributed by atoms with Crippen LogP contribution in [0.1, 0.15) is 45.7 Å². The van der Waals surface area contributed by atoms with E-state index < -0.39 is 5.97 Å². The van der Waals surface area contributed by atoms with Crippen LogP contribution in [0, 0.1) is 0 Å². The molecule has 0 unspecified atom stereocenters. The predicted molar refractivity (Wildman–Crippen MR) is 79.3 cm³/mol. The molecule has 0 atom stereocenters. The molecule has 0 fully saturated rings. The fourth-order valence-corrected chi connectivity index (χ4v) is 2.93. The maximum Gasteiger partial charge on any atom is 0.338 e. The van der Waals surface area contributed by atoms with E-state index in [1.807, 2.05) is 0 Å². The Bertz CT molecular complexity index is 645. The Morgan fingerprint density at radius 3 is 2.90 bits per heavy atom. The third-order valence-corrected chi connectivity index (χ3v) is 4.01. The normalized spacial score (nSPS) is 13.9. The highest BCUT2D eigenvalue weighted by atomic mass is 16.4. The first kappa shape index (κ1) is 13.9. The van der Waals surface area contributed by atoms with Crippen molar-refractivity contribution in [3.63, 3.8) is 0 Å². The van der Waals surface area contributed by atoms with E-state index in [9.17, 15) is 4.79 Å². The summed E-state index contributed by atoms with van der Waals surface area (Å²) in [6.07, 6.45) is 6.18. The quantitative estimate of drug-likeness (QED) is 0.886. The number of hydrogen-bond acceptors (Lipinski definition) is 3. The summed E-state index contributed by atoms with van der Waals surface area (Å²) in [5.41, 5.74) is 4.51. The Morgan fingerprint density at radius 2 is 2.10 bits per heavy atom. The summed E-state index contributed by atoms with van der Waals surface area (Å²) in [5, 5.41) is 12.2. The van der Waals surface area contributed by atoms with Gasteiger partial charge in [-0.15, -0.1) is 0 Å². The smallest absolute Gasteiger partial charge is 0.338 e. The zero-order chi connectivity index (χ0) is 14.7. The molecular formula is C17H19NO3. The van der Waals surface area contributed by atoms with Gasteiger partial charge in [0, 0.05) is 6.54 Å². The van der Waals surface area contributed by atoms with E-state index in [1.165, 1.54) is 42.2 Å². The zero-order valence-electron chi connectivity index (χ0n) is 11.9. The standard InChI is InChI=1S/C17H19NO3/c19-17(20)14-8-15(21-11-14)10-18-9-13-6-3-5-12-4-1-2-7-16(12)13/h3,5-6,8,11,18H,1-2,4,7,9-10H2,(H,19,20). The Balaban J connectivity index is 1.61. The lowest BCUT2D eigenvalue weighted by molar-refractivity contribution is 0.0696. The maximum absolute atomic E-state index is 10.8. The average Bonchev–Trinajstić information content (AvgIpc) is 2.97. The summed E-state index contributed by atoms with van der Waals surface area (Å²) in [7, 11) is 0. The molecule has 4 heteroatoms. The van der Waals surface area contributed by atoms with Crippen LogP contribution in [0.5, 0.6) is 0 Å². The molecule has 2 N–H and O–H groups in total. The van der Waals surface area contributed by atoms with Crippen LogP contribution in [0.15, 0.2) is 34.9 Å². The lowest BCUT2D eigenvalue weighted by atomic mass is 9.88. The van der Waals surface area contributed by atoms with E-state index in [0.717, 1.165) is 13.0 Å². The molecule has 21 heavy (non-hydrogen) atoms. The molecule has 110 valence electrons. The van der Waals surface area contributed by atoms with Gasteiger partial charge in [0.1, 0.15) is 12.0 Å². The lowest BCUT2D eigenvalue weighted by Crippen LogP contribution is -2.15. The predicted octanol–water partition coefficient (Wildman–Crippen LogP) is 3.15. The van der Waals surface area contributed by atoms with Crippen LogP contribution in [0.4, 0.5) is 0 Å². The molecule has 2 aromatic rings. The molecule has 0 bridgehead atoms. The van der Waals surface area contributed by atoms with Gasteiger partial charge in [-0.05, 0) is 48.4 Å². The van der Waals surface area contributed by atoms with E-state index in [0.29, 0.717) is 12.3 Å². The first-order chi connectivity index (χ1) is 10.2. The molecule has 0 spiro atoms. The highest BCUT2D eigenvalue weighted by molar-refractivity contribution is 5.87. The second kappa shape index (κ2) is 6.14. The lowest BCUT2D eigenvalue weighted by Gasteiger charge is -2.19. The highest BCUT2D eigenvalue weighted by Crippen LogP contribution is 2.24. The van der Waals surface area contributed by atoms with Crippen molar-refractivity contribution in [1.29, 1.82) is 0 Å². The third-order valence-electron chi connectivity index (χ3n) is 4.01. The molecule has 1 aromatic carbocycles. The monoisotopic (exact) mass is 285 g/mol. The fourth-order valence-electron chi connectivity index (χ4n) is 2.93. The van der Waals surface area contributed by atoms with Crippen molar-refractivity contribution < 1.29 is 14.3 Å². The van der Waals surface area contributed by atoms with Gasteiger partial charge in [0.2, 0.25) is 0 Å². The van der Waals surface area contributed by atoms with E-state index in [4.69, 9.17) is 9.52 Å². The highest BCUT2D eigenvalue weighted by Gasteiger charge is 2.13. The number of aryl methyl sites for hydroxylation is 1. The molecular weight excluding hydrogens is 266 g/mol. The Labute approximate surface area is 123 Å². The summed E-state index contributed by atoms with van der Waals surface area (Å²) < 4.78 is 5.23. The largest absolute Gasteiger partial charge is 0.478 e. The molecule has 1 aromatic heterocycles. The first-order valence-corrected chi connectivity index (χ1v) is 7.35. The molecule has 0 radical (unpaired) electrons. The minimum Gasteiger partial charge on any atom is -0.478 e. The van der Waals surface area contributed by atoms with Crippen LogP contribution in [0.2, 0.25) is 0 Å². The van der Waals surface area contributed by atoms with Gasteiger partial charge in [-0.2, -0.15) is 0 Å². The van der Waals surface area contributed by atoms with E-state index in [1.54, 1.807) is 6.07 Å². The number of nitrogens with one attached hydrogen (secondary N) is 1. The SMILES string of the molecule is O=C(O)c1coc(CNCc2cccc3c2CCCC3)c1. The number of benzene rings is 1. The average molecular weight is 285 g/mol. The van der Waals surface area contributed by atoms with E-state index >= 15 is 0 Å². The molecule has 0 aliphatic heterocycles. The minimum atomic E-state index is -0.956. The van der Waals surface area contributed by atoms with Gasteiger partial charge in [0.25, 0.3) is 0 Å². The fraction of sp³-hybridized carbons (Fsp3) is 0.353. The van der Waals surface area contributed by atoms with Gasteiger partial charge < -0.3 is 14.8 Å². The van der Waals surface area contributed by atoms with E-state index in [2.05, 4.69) is 23.5 Å². The topological polar surface area (TPSA) is 62.5 Å². The van der Waals surface area contributed by atoms with Crippen LogP contribution >= 0.6 is 0 Å². The number of carboxylic acid groups (broad SMARTS) is 1. The van der Waals surface area contributed by atoms with Gasteiger partial charge in [0.05, 0.1) is 12.1 Å². The van der Waals surface area contributed by atoms with Gasteiger partial charge in [-0.3, -0.25) is 0 Å². The zero-order valence-corrected chi connectivity index (χ0v) is 11.9. The van der Waals surface area contributed by atoms with Crippen LogP contribution in [-0.2, 0) is 25.9 Å². The molecule has 1 heterocycles. The first-order valence-electron chi connectivity index (χ1n) is 7.35. The summed E-state index contributed by atoms with van der Waals surface area (Å²) in [6, 6.07) is 8.08.